The number of carbonyl (C=O) groups excluding carboxylic acids is 1. The summed E-state index contributed by atoms with van der Waals surface area (Å²) in [5.41, 5.74) is 5.28. The zero-order chi connectivity index (χ0) is 12.8. The zero-order valence-electron chi connectivity index (χ0n) is 10.6. The maximum Gasteiger partial charge on any atom is 0.220 e. The first-order chi connectivity index (χ1) is 8.02. The van der Waals surface area contributed by atoms with Crippen molar-refractivity contribution in [3.05, 3.63) is 0 Å². The molecular weight excluding hydrogens is 216 g/mol. The van der Waals surface area contributed by atoms with Gasteiger partial charge in [-0.2, -0.15) is 5.26 Å². The number of nitriles is 1. The minimum atomic E-state index is -0.193. The van der Waals surface area contributed by atoms with Crippen LogP contribution >= 0.6 is 0 Å². The lowest BCUT2D eigenvalue weighted by Gasteiger charge is -2.32. The summed E-state index contributed by atoms with van der Waals surface area (Å²) in [6.07, 6.45) is 1.63. The molecule has 0 radical (unpaired) electrons. The van der Waals surface area contributed by atoms with Gasteiger partial charge >= 0.3 is 0 Å². The van der Waals surface area contributed by atoms with Gasteiger partial charge in [0, 0.05) is 18.5 Å². The summed E-state index contributed by atoms with van der Waals surface area (Å²) < 4.78 is 0. The number of amides is 1. The molecule has 5 nitrogen and oxygen atoms in total. The van der Waals surface area contributed by atoms with E-state index in [2.05, 4.69) is 16.3 Å². The molecule has 0 aromatic heterocycles. The molecule has 0 aromatic rings. The van der Waals surface area contributed by atoms with Crippen LogP contribution in [-0.4, -0.2) is 42.5 Å². The Morgan fingerprint density at radius 2 is 2.12 bits per heavy atom. The van der Waals surface area contributed by atoms with Gasteiger partial charge in [0.25, 0.3) is 0 Å². The molecule has 5 heteroatoms. The van der Waals surface area contributed by atoms with Crippen molar-refractivity contribution in [1.29, 1.82) is 5.26 Å². The number of likely N-dealkylation sites (tertiary alicyclic amines) is 1. The van der Waals surface area contributed by atoms with Gasteiger partial charge in [-0.25, -0.2) is 0 Å². The molecule has 1 aliphatic rings. The van der Waals surface area contributed by atoms with Gasteiger partial charge in [0.05, 0.1) is 6.07 Å². The third kappa shape index (κ3) is 4.72. The van der Waals surface area contributed by atoms with Crippen LogP contribution in [0.1, 0.15) is 26.7 Å². The van der Waals surface area contributed by atoms with Crippen LogP contribution in [0.25, 0.3) is 0 Å². The molecule has 0 spiro atoms. The second-order valence-corrected chi connectivity index (χ2v) is 4.98. The molecule has 1 atom stereocenters. The number of hydrogen-bond acceptors (Lipinski definition) is 4. The minimum absolute atomic E-state index is 0.0184. The molecule has 1 amide bonds. The van der Waals surface area contributed by atoms with Gasteiger partial charge in [-0.3, -0.25) is 10.1 Å². The Labute approximate surface area is 103 Å². The highest BCUT2D eigenvalue weighted by atomic mass is 16.1. The topological polar surface area (TPSA) is 82.2 Å². The quantitative estimate of drug-likeness (QED) is 0.710. The maximum absolute atomic E-state index is 11.0. The Morgan fingerprint density at radius 1 is 1.53 bits per heavy atom. The average Bonchev–Trinajstić information content (AvgIpc) is 2.28. The highest BCUT2D eigenvalue weighted by molar-refractivity contribution is 5.76. The normalized spacial score (nSPS) is 20.1. The molecule has 1 rings (SSSR count). The van der Waals surface area contributed by atoms with E-state index in [1.807, 2.05) is 13.8 Å². The van der Waals surface area contributed by atoms with Crippen LogP contribution in [0.15, 0.2) is 0 Å². The van der Waals surface area contributed by atoms with Gasteiger partial charge in [0.15, 0.2) is 0 Å². The zero-order valence-corrected chi connectivity index (χ0v) is 10.6. The van der Waals surface area contributed by atoms with E-state index in [-0.39, 0.29) is 17.9 Å². The van der Waals surface area contributed by atoms with Crippen LogP contribution in [-0.2, 0) is 4.79 Å². The standard InChI is InChI=1S/C12H22N4O/c1-9(2)15-11(7-13)8-16-5-3-10(4-6-16)12(14)17/h9-11,15H,3-6,8H2,1-2H3,(H2,14,17). The molecular formula is C12H22N4O. The number of primary amides is 1. The summed E-state index contributed by atoms with van der Waals surface area (Å²) in [5, 5.41) is 12.2. The number of rotatable bonds is 5. The smallest absolute Gasteiger partial charge is 0.220 e. The van der Waals surface area contributed by atoms with Crippen molar-refractivity contribution in [2.24, 2.45) is 11.7 Å². The van der Waals surface area contributed by atoms with Crippen molar-refractivity contribution in [2.45, 2.75) is 38.8 Å². The van der Waals surface area contributed by atoms with E-state index in [0.717, 1.165) is 32.5 Å². The van der Waals surface area contributed by atoms with Crippen molar-refractivity contribution in [2.75, 3.05) is 19.6 Å². The molecule has 0 saturated carbocycles. The number of piperidine rings is 1. The second kappa shape index (κ2) is 6.58. The average molecular weight is 238 g/mol. The molecule has 1 unspecified atom stereocenters. The van der Waals surface area contributed by atoms with Gasteiger partial charge in [-0.1, -0.05) is 0 Å². The van der Waals surface area contributed by atoms with Gasteiger partial charge < -0.3 is 10.6 Å². The molecule has 1 aliphatic heterocycles. The van der Waals surface area contributed by atoms with Crippen LogP contribution in [0.3, 0.4) is 0 Å². The fourth-order valence-electron chi connectivity index (χ4n) is 2.19. The van der Waals surface area contributed by atoms with E-state index in [9.17, 15) is 4.79 Å². The molecule has 1 heterocycles. The highest BCUT2D eigenvalue weighted by Crippen LogP contribution is 2.16. The van der Waals surface area contributed by atoms with Crippen LogP contribution in [0.5, 0.6) is 0 Å². The number of hydrogen-bond donors (Lipinski definition) is 2. The van der Waals surface area contributed by atoms with E-state index in [4.69, 9.17) is 11.0 Å². The number of carbonyl (C=O) groups is 1. The monoisotopic (exact) mass is 238 g/mol. The molecule has 96 valence electrons. The summed E-state index contributed by atoms with van der Waals surface area (Å²) in [4.78, 5) is 13.2. The van der Waals surface area contributed by atoms with Crippen molar-refractivity contribution < 1.29 is 4.79 Å². The van der Waals surface area contributed by atoms with Crippen molar-refractivity contribution in [3.63, 3.8) is 0 Å². The lowest BCUT2D eigenvalue weighted by Crippen LogP contribution is -2.46. The Balaban J connectivity index is 2.34. The number of nitrogens with zero attached hydrogens (tertiary/aromatic N) is 2. The van der Waals surface area contributed by atoms with E-state index >= 15 is 0 Å². The summed E-state index contributed by atoms with van der Waals surface area (Å²) in [5.74, 6) is -0.174. The second-order valence-electron chi connectivity index (χ2n) is 4.98. The SMILES string of the molecule is CC(C)NC(C#N)CN1CCC(C(N)=O)CC1. The summed E-state index contributed by atoms with van der Waals surface area (Å²) in [6, 6.07) is 2.44. The molecule has 3 N–H and O–H groups in total. The van der Waals surface area contributed by atoms with Crippen LogP contribution in [0.2, 0.25) is 0 Å². The minimum Gasteiger partial charge on any atom is -0.369 e. The largest absolute Gasteiger partial charge is 0.369 e. The third-order valence-electron chi connectivity index (χ3n) is 3.12. The predicted octanol–water partition coefficient (Wildman–Crippen LogP) is 0.0739. The predicted molar refractivity (Wildman–Crippen MR) is 66.0 cm³/mol. The first-order valence-corrected chi connectivity index (χ1v) is 6.20. The maximum atomic E-state index is 11.0. The Kier molecular flexibility index (Phi) is 5.39. The summed E-state index contributed by atoms with van der Waals surface area (Å²) in [6.45, 7) is 6.49. The van der Waals surface area contributed by atoms with Crippen LogP contribution in [0, 0.1) is 17.2 Å². The fourth-order valence-corrected chi connectivity index (χ4v) is 2.19. The fraction of sp³-hybridized carbons (Fsp3) is 0.833. The van der Waals surface area contributed by atoms with E-state index < -0.39 is 0 Å². The Hall–Kier alpha value is -1.12. The molecule has 0 aromatic carbocycles. The van der Waals surface area contributed by atoms with E-state index in [1.54, 1.807) is 0 Å². The molecule has 1 fully saturated rings. The Bertz CT molecular complexity index is 289. The summed E-state index contributed by atoms with van der Waals surface area (Å²) in [7, 11) is 0. The van der Waals surface area contributed by atoms with Crippen LogP contribution < -0.4 is 11.1 Å². The lowest BCUT2D eigenvalue weighted by molar-refractivity contribution is -0.123. The van der Waals surface area contributed by atoms with E-state index in [1.165, 1.54) is 0 Å². The van der Waals surface area contributed by atoms with Gasteiger partial charge in [0.1, 0.15) is 6.04 Å². The first-order valence-electron chi connectivity index (χ1n) is 6.20. The number of nitrogens with one attached hydrogen (secondary N) is 1. The lowest BCUT2D eigenvalue weighted by atomic mass is 9.96. The Morgan fingerprint density at radius 3 is 2.53 bits per heavy atom. The molecule has 0 bridgehead atoms. The molecule has 17 heavy (non-hydrogen) atoms. The first kappa shape index (κ1) is 13.9. The van der Waals surface area contributed by atoms with E-state index in [0.29, 0.717) is 6.04 Å². The molecule has 0 aliphatic carbocycles. The van der Waals surface area contributed by atoms with Crippen LogP contribution in [0.4, 0.5) is 0 Å². The van der Waals surface area contributed by atoms with Gasteiger partial charge in [0.2, 0.25) is 5.91 Å². The van der Waals surface area contributed by atoms with Gasteiger partial charge in [-0.15, -0.1) is 0 Å². The highest BCUT2D eigenvalue weighted by Gasteiger charge is 2.24. The number of nitrogens with two attached hydrogens (primary N) is 1. The third-order valence-corrected chi connectivity index (χ3v) is 3.12. The van der Waals surface area contributed by atoms with Crippen molar-refractivity contribution in [1.82, 2.24) is 10.2 Å². The van der Waals surface area contributed by atoms with Gasteiger partial charge in [-0.05, 0) is 39.8 Å². The molecule has 1 saturated heterocycles. The van der Waals surface area contributed by atoms with Crippen molar-refractivity contribution >= 4 is 5.91 Å². The van der Waals surface area contributed by atoms with Crippen molar-refractivity contribution in [3.8, 4) is 6.07 Å². The summed E-state index contributed by atoms with van der Waals surface area (Å²) >= 11 is 0.